The number of nitrogens with zero attached hydrogens (tertiary/aromatic N) is 3. The lowest BCUT2D eigenvalue weighted by atomic mass is 9.84. The molecule has 268 valence electrons. The summed E-state index contributed by atoms with van der Waals surface area (Å²) < 4.78 is 87.2. The summed E-state index contributed by atoms with van der Waals surface area (Å²) >= 11 is 12.4. The molecule has 2 fully saturated rings. The molecule has 3 amide bonds. The second-order valence-electron chi connectivity index (χ2n) is 12.4. The van der Waals surface area contributed by atoms with Gasteiger partial charge in [-0.05, 0) is 67.3 Å². The number of carbonyl (C=O) groups is 3. The summed E-state index contributed by atoms with van der Waals surface area (Å²) in [6.07, 6.45) is -9.26. The van der Waals surface area contributed by atoms with E-state index in [1.807, 2.05) is 6.07 Å². The average Bonchev–Trinajstić information content (AvgIpc) is 3.10. The van der Waals surface area contributed by atoms with Gasteiger partial charge in [0.2, 0.25) is 5.91 Å². The molecule has 2 aliphatic rings. The van der Waals surface area contributed by atoms with Gasteiger partial charge in [-0.15, -0.1) is 0 Å². The number of hydrogen-bond donors (Lipinski definition) is 0. The van der Waals surface area contributed by atoms with E-state index >= 15 is 0 Å². The van der Waals surface area contributed by atoms with E-state index in [4.69, 9.17) is 27.9 Å². The first kappa shape index (κ1) is 37.4. The van der Waals surface area contributed by atoms with Crippen molar-refractivity contribution in [2.45, 2.75) is 49.7 Å². The third-order valence-corrected chi connectivity index (χ3v) is 9.88. The smallest absolute Gasteiger partial charge is 0.368 e. The number of carbonyl (C=O) groups excluding carboxylic acids is 3. The number of likely N-dealkylation sites (N-methyl/N-ethyl adjacent to an activating group) is 1. The van der Waals surface area contributed by atoms with E-state index in [0.29, 0.717) is 49.2 Å². The van der Waals surface area contributed by atoms with Gasteiger partial charge >= 0.3 is 12.4 Å². The molecule has 0 unspecified atom stereocenters. The molecule has 50 heavy (non-hydrogen) atoms. The van der Waals surface area contributed by atoms with Crippen molar-refractivity contribution in [1.82, 2.24) is 14.7 Å². The van der Waals surface area contributed by atoms with Crippen molar-refractivity contribution in [3.05, 3.63) is 105 Å². The van der Waals surface area contributed by atoms with Crippen LogP contribution in [0.5, 0.6) is 0 Å². The zero-order valence-corrected chi connectivity index (χ0v) is 28.2. The van der Waals surface area contributed by atoms with Crippen LogP contribution in [0.15, 0.2) is 66.7 Å². The molecule has 7 nitrogen and oxygen atoms in total. The number of hydrogen-bond acceptors (Lipinski definition) is 4. The lowest BCUT2D eigenvalue weighted by Crippen LogP contribution is -2.52. The summed E-state index contributed by atoms with van der Waals surface area (Å²) in [7, 11) is 1.31. The largest absolute Gasteiger partial charge is 0.416 e. The highest BCUT2D eigenvalue weighted by Gasteiger charge is 2.40. The first-order valence-electron chi connectivity index (χ1n) is 15.8. The number of rotatable bonds is 7. The van der Waals surface area contributed by atoms with Crippen molar-refractivity contribution in [3.8, 4) is 0 Å². The Hall–Kier alpha value is -3.81. The van der Waals surface area contributed by atoms with Crippen molar-refractivity contribution in [2.75, 3.05) is 39.8 Å². The molecule has 2 atom stereocenters. The molecule has 0 aromatic heterocycles. The quantitative estimate of drug-likeness (QED) is 0.232. The van der Waals surface area contributed by atoms with Gasteiger partial charge in [0.15, 0.2) is 0 Å². The lowest BCUT2D eigenvalue weighted by Gasteiger charge is -2.43. The van der Waals surface area contributed by atoms with Crippen molar-refractivity contribution in [3.63, 3.8) is 0 Å². The molecule has 2 heterocycles. The minimum Gasteiger partial charge on any atom is -0.368 e. The standard InChI is InChI=1S/C35H33Cl2F6N3O4/c1-44(32(48)23-15-24(34(38,39)40)18-25(16-23)35(41,42)43)30-11-14-46(19-27(30)22-7-8-28(36)29(37)17-22)31(47)20-50-26-9-12-45(13-10-26)33(49)21-5-3-2-4-6-21/h2-8,15-18,26-27,30H,9-14,19-20H2,1H3/t27-,30+/m0/s1. The first-order valence-corrected chi connectivity index (χ1v) is 16.5. The number of halogens is 8. The summed E-state index contributed by atoms with van der Waals surface area (Å²) in [6, 6.07) is 13.7. The Kier molecular flexibility index (Phi) is 11.4. The van der Waals surface area contributed by atoms with Crippen LogP contribution in [0, 0.1) is 0 Å². The molecule has 2 saturated heterocycles. The molecule has 0 aliphatic carbocycles. The summed E-state index contributed by atoms with van der Waals surface area (Å²) in [6.45, 7) is 0.892. The van der Waals surface area contributed by atoms with Crippen LogP contribution in [0.2, 0.25) is 10.0 Å². The molecular weight excluding hydrogens is 711 g/mol. The van der Waals surface area contributed by atoms with Gasteiger partial charge in [-0.2, -0.15) is 26.3 Å². The molecule has 15 heteroatoms. The molecule has 0 bridgehead atoms. The molecule has 5 rings (SSSR count). The number of piperidine rings is 2. The maximum atomic E-state index is 13.6. The predicted molar refractivity (Wildman–Crippen MR) is 174 cm³/mol. The van der Waals surface area contributed by atoms with Crippen molar-refractivity contribution < 1.29 is 45.5 Å². The normalized spacial score (nSPS) is 19.0. The van der Waals surface area contributed by atoms with Gasteiger partial charge in [0.1, 0.15) is 6.61 Å². The third kappa shape index (κ3) is 8.73. The third-order valence-electron chi connectivity index (χ3n) is 9.15. The molecule has 3 aromatic carbocycles. The minimum atomic E-state index is -5.12. The predicted octanol–water partition coefficient (Wildman–Crippen LogP) is 7.81. The Morgan fingerprint density at radius 2 is 1.38 bits per heavy atom. The van der Waals surface area contributed by atoms with E-state index in [1.54, 1.807) is 46.2 Å². The van der Waals surface area contributed by atoms with Crippen LogP contribution in [0.3, 0.4) is 0 Å². The van der Waals surface area contributed by atoms with E-state index in [1.165, 1.54) is 13.1 Å². The number of likely N-dealkylation sites (tertiary alicyclic amines) is 2. The van der Waals surface area contributed by atoms with Crippen molar-refractivity contribution in [1.29, 1.82) is 0 Å². The van der Waals surface area contributed by atoms with Gasteiger partial charge in [-0.1, -0.05) is 47.5 Å². The van der Waals surface area contributed by atoms with Gasteiger partial charge in [0, 0.05) is 56.3 Å². The van der Waals surface area contributed by atoms with Crippen LogP contribution in [0.1, 0.15) is 62.6 Å². The van der Waals surface area contributed by atoms with Crippen LogP contribution in [-0.4, -0.2) is 84.4 Å². The van der Waals surface area contributed by atoms with Gasteiger partial charge in [-0.25, -0.2) is 0 Å². The molecule has 3 aromatic rings. The lowest BCUT2D eigenvalue weighted by molar-refractivity contribution is -0.143. The Morgan fingerprint density at radius 1 is 0.780 bits per heavy atom. The van der Waals surface area contributed by atoms with Crippen molar-refractivity contribution in [2.24, 2.45) is 0 Å². The van der Waals surface area contributed by atoms with E-state index in [2.05, 4.69) is 0 Å². The molecular formula is C35H33Cl2F6N3O4. The second-order valence-corrected chi connectivity index (χ2v) is 13.2. The highest BCUT2D eigenvalue weighted by atomic mass is 35.5. The summed E-state index contributed by atoms with van der Waals surface area (Å²) in [5, 5.41) is 0.433. The first-order chi connectivity index (χ1) is 23.5. The molecule has 0 N–H and O–H groups in total. The summed E-state index contributed by atoms with van der Waals surface area (Å²) in [5.41, 5.74) is -2.81. The van der Waals surface area contributed by atoms with Gasteiger partial charge in [-0.3, -0.25) is 14.4 Å². The van der Waals surface area contributed by atoms with Crippen LogP contribution in [0.4, 0.5) is 26.3 Å². The molecule has 0 saturated carbocycles. The fourth-order valence-corrected chi connectivity index (χ4v) is 6.71. The Bertz CT molecular complexity index is 1680. The van der Waals surface area contributed by atoms with Gasteiger partial charge < -0.3 is 19.4 Å². The van der Waals surface area contributed by atoms with Crippen LogP contribution in [0.25, 0.3) is 0 Å². The molecule has 2 aliphatic heterocycles. The maximum Gasteiger partial charge on any atom is 0.416 e. The Labute approximate surface area is 294 Å². The van der Waals surface area contributed by atoms with Crippen LogP contribution >= 0.6 is 23.2 Å². The average molecular weight is 745 g/mol. The second kappa shape index (κ2) is 15.2. The van der Waals surface area contributed by atoms with Gasteiger partial charge in [0.25, 0.3) is 11.8 Å². The van der Waals surface area contributed by atoms with E-state index in [9.17, 15) is 40.7 Å². The van der Waals surface area contributed by atoms with E-state index < -0.39 is 46.9 Å². The molecule has 0 radical (unpaired) electrons. The maximum absolute atomic E-state index is 13.6. The zero-order chi connectivity index (χ0) is 36.4. The van der Waals surface area contributed by atoms with E-state index in [-0.39, 0.29) is 60.1 Å². The Balaban J connectivity index is 1.28. The summed E-state index contributed by atoms with van der Waals surface area (Å²) in [5.74, 6) is -2.08. The van der Waals surface area contributed by atoms with Crippen molar-refractivity contribution >= 4 is 40.9 Å². The minimum absolute atomic E-state index is 0.0327. The van der Waals surface area contributed by atoms with Crippen LogP contribution in [-0.2, 0) is 21.9 Å². The number of benzene rings is 3. The fourth-order valence-electron chi connectivity index (χ4n) is 6.40. The van der Waals surface area contributed by atoms with Crippen LogP contribution < -0.4 is 0 Å². The monoisotopic (exact) mass is 743 g/mol. The zero-order valence-electron chi connectivity index (χ0n) is 26.7. The topological polar surface area (TPSA) is 70.2 Å². The van der Waals surface area contributed by atoms with E-state index in [0.717, 1.165) is 4.90 Å². The molecule has 0 spiro atoms. The SMILES string of the molecule is CN(C(=O)c1cc(C(F)(F)F)cc(C(F)(F)F)c1)[C@@H]1CCN(C(=O)COC2CCN(C(=O)c3ccccc3)CC2)C[C@H]1c1ccc(Cl)c(Cl)c1. The highest BCUT2D eigenvalue weighted by molar-refractivity contribution is 6.42. The number of alkyl halides is 6. The number of amides is 3. The number of ether oxygens (including phenoxy) is 1. The summed E-state index contributed by atoms with van der Waals surface area (Å²) in [4.78, 5) is 44.1. The Morgan fingerprint density at radius 3 is 1.96 bits per heavy atom. The highest BCUT2D eigenvalue weighted by Crippen LogP contribution is 2.38. The van der Waals surface area contributed by atoms with Gasteiger partial charge in [0.05, 0.1) is 27.3 Å². The fraction of sp³-hybridized carbons (Fsp3) is 0.400.